The number of nitro benzene ring substituents is 1. The molecule has 1 aromatic heterocycles. The number of benzene rings is 1. The van der Waals surface area contributed by atoms with Crippen molar-refractivity contribution in [1.82, 2.24) is 4.98 Å². The molecule has 1 aliphatic rings. The van der Waals surface area contributed by atoms with Crippen LogP contribution in [-0.2, 0) is 4.79 Å². The Hall–Kier alpha value is -2.48. The van der Waals surface area contributed by atoms with Gasteiger partial charge in [-0.1, -0.05) is 0 Å². The summed E-state index contributed by atoms with van der Waals surface area (Å²) in [6.45, 7) is 5.09. The number of halogens is 1. The van der Waals surface area contributed by atoms with Gasteiger partial charge < -0.3 is 4.74 Å². The van der Waals surface area contributed by atoms with Gasteiger partial charge in [-0.15, -0.1) is 0 Å². The Balaban J connectivity index is 2.22. The van der Waals surface area contributed by atoms with Gasteiger partial charge in [-0.3, -0.25) is 19.8 Å². The SMILES string of the molecule is Cc1cc(Br)cnc1N1C(=O)C(C)(C)Oc2cc([N+](=O)[O-])ccc21. The monoisotopic (exact) mass is 391 g/mol. The lowest BCUT2D eigenvalue weighted by Gasteiger charge is -2.38. The molecule has 1 amide bonds. The molecular formula is C16H14BrN3O4. The van der Waals surface area contributed by atoms with Gasteiger partial charge in [0.25, 0.3) is 11.6 Å². The van der Waals surface area contributed by atoms with Gasteiger partial charge >= 0.3 is 0 Å². The number of aromatic nitrogens is 1. The lowest BCUT2D eigenvalue weighted by molar-refractivity contribution is -0.385. The smallest absolute Gasteiger partial charge is 0.276 e. The summed E-state index contributed by atoms with van der Waals surface area (Å²) in [6.07, 6.45) is 1.60. The number of aryl methyl sites for hydroxylation is 1. The van der Waals surface area contributed by atoms with Crippen LogP contribution < -0.4 is 9.64 Å². The van der Waals surface area contributed by atoms with Crippen molar-refractivity contribution in [2.75, 3.05) is 4.90 Å². The Bertz CT molecular complexity index is 866. The highest BCUT2D eigenvalue weighted by atomic mass is 79.9. The highest BCUT2D eigenvalue weighted by molar-refractivity contribution is 9.10. The second-order valence-corrected chi connectivity index (χ2v) is 6.87. The summed E-state index contributed by atoms with van der Waals surface area (Å²) in [5.74, 6) is 0.453. The van der Waals surface area contributed by atoms with Gasteiger partial charge in [0.2, 0.25) is 0 Å². The third-order valence-corrected chi connectivity index (χ3v) is 4.14. The molecule has 24 heavy (non-hydrogen) atoms. The van der Waals surface area contributed by atoms with Crippen LogP contribution in [0.5, 0.6) is 5.75 Å². The molecule has 2 aromatic rings. The molecule has 0 unspecified atom stereocenters. The summed E-state index contributed by atoms with van der Waals surface area (Å²) in [5.41, 5.74) is -0.0365. The van der Waals surface area contributed by atoms with Crippen molar-refractivity contribution in [3.63, 3.8) is 0 Å². The number of non-ortho nitro benzene ring substituents is 1. The van der Waals surface area contributed by atoms with E-state index in [9.17, 15) is 14.9 Å². The van der Waals surface area contributed by atoms with Gasteiger partial charge in [0.1, 0.15) is 5.82 Å². The second kappa shape index (κ2) is 5.55. The van der Waals surface area contributed by atoms with E-state index < -0.39 is 10.5 Å². The third-order valence-electron chi connectivity index (χ3n) is 3.71. The lowest BCUT2D eigenvalue weighted by Crippen LogP contribution is -2.51. The maximum absolute atomic E-state index is 12.9. The molecule has 0 bridgehead atoms. The Kier molecular flexibility index (Phi) is 3.79. The number of pyridine rings is 1. The number of ether oxygens (including phenoxy) is 1. The van der Waals surface area contributed by atoms with Gasteiger partial charge in [0.15, 0.2) is 11.4 Å². The molecule has 0 radical (unpaired) electrons. The first kappa shape index (κ1) is 16.4. The van der Waals surface area contributed by atoms with E-state index in [4.69, 9.17) is 4.74 Å². The summed E-state index contributed by atoms with van der Waals surface area (Å²) in [4.78, 5) is 29.2. The average Bonchev–Trinajstić information content (AvgIpc) is 2.49. The molecule has 0 atom stereocenters. The highest BCUT2D eigenvalue weighted by Crippen LogP contribution is 2.43. The van der Waals surface area contributed by atoms with Crippen LogP contribution in [0.1, 0.15) is 19.4 Å². The van der Waals surface area contributed by atoms with Crippen molar-refractivity contribution < 1.29 is 14.5 Å². The zero-order chi connectivity index (χ0) is 17.6. The van der Waals surface area contributed by atoms with Crippen LogP contribution in [0.3, 0.4) is 0 Å². The fourth-order valence-electron chi connectivity index (χ4n) is 2.56. The van der Waals surface area contributed by atoms with E-state index in [0.29, 0.717) is 11.5 Å². The van der Waals surface area contributed by atoms with Crippen LogP contribution >= 0.6 is 15.9 Å². The van der Waals surface area contributed by atoms with Crippen LogP contribution in [0.25, 0.3) is 0 Å². The average molecular weight is 392 g/mol. The molecule has 2 heterocycles. The summed E-state index contributed by atoms with van der Waals surface area (Å²) < 4.78 is 6.50. The lowest BCUT2D eigenvalue weighted by atomic mass is 10.0. The molecule has 0 aliphatic carbocycles. The quantitative estimate of drug-likeness (QED) is 0.572. The topological polar surface area (TPSA) is 85.6 Å². The first-order chi connectivity index (χ1) is 11.2. The molecule has 8 heteroatoms. The van der Waals surface area contributed by atoms with E-state index in [1.54, 1.807) is 20.0 Å². The number of hydrogen-bond donors (Lipinski definition) is 0. The molecule has 0 N–H and O–H groups in total. The van der Waals surface area contributed by atoms with Crippen LogP contribution in [0.4, 0.5) is 17.2 Å². The van der Waals surface area contributed by atoms with Gasteiger partial charge in [0, 0.05) is 16.7 Å². The Morgan fingerprint density at radius 3 is 2.67 bits per heavy atom. The standard InChI is InChI=1S/C16H14BrN3O4/c1-9-6-10(17)8-18-14(9)19-12-5-4-11(20(22)23)7-13(12)24-16(2,3)15(19)21/h4-8H,1-3H3. The van der Waals surface area contributed by atoms with Gasteiger partial charge in [-0.05, 0) is 54.4 Å². The predicted octanol–water partition coefficient (Wildman–Crippen LogP) is 3.90. The fraction of sp³-hybridized carbons (Fsp3) is 0.250. The van der Waals surface area contributed by atoms with E-state index in [-0.39, 0.29) is 17.3 Å². The summed E-state index contributed by atoms with van der Waals surface area (Å²) in [7, 11) is 0. The Morgan fingerprint density at radius 1 is 1.33 bits per heavy atom. The van der Waals surface area contributed by atoms with Crippen LogP contribution in [0, 0.1) is 17.0 Å². The molecule has 0 spiro atoms. The number of nitro groups is 1. The molecule has 0 fully saturated rings. The molecule has 3 rings (SSSR count). The number of carbonyl (C=O) groups excluding carboxylic acids is 1. The minimum absolute atomic E-state index is 0.0978. The minimum Gasteiger partial charge on any atom is -0.476 e. The number of nitrogens with zero attached hydrogens (tertiary/aromatic N) is 3. The summed E-state index contributed by atoms with van der Waals surface area (Å²) in [6, 6.07) is 6.02. The van der Waals surface area contributed by atoms with Crippen molar-refractivity contribution in [2.45, 2.75) is 26.4 Å². The van der Waals surface area contributed by atoms with Gasteiger partial charge in [0.05, 0.1) is 16.7 Å². The largest absolute Gasteiger partial charge is 0.476 e. The van der Waals surface area contributed by atoms with E-state index in [2.05, 4.69) is 20.9 Å². The molecule has 0 saturated carbocycles. The van der Waals surface area contributed by atoms with E-state index in [1.807, 2.05) is 13.0 Å². The van der Waals surface area contributed by atoms with E-state index >= 15 is 0 Å². The van der Waals surface area contributed by atoms with Crippen LogP contribution in [-0.4, -0.2) is 21.4 Å². The normalized spacial score (nSPS) is 15.7. The maximum atomic E-state index is 12.9. The van der Waals surface area contributed by atoms with Gasteiger partial charge in [-0.25, -0.2) is 4.98 Å². The Labute approximate surface area is 146 Å². The van der Waals surface area contributed by atoms with Crippen LogP contribution in [0.15, 0.2) is 34.9 Å². The Morgan fingerprint density at radius 2 is 2.04 bits per heavy atom. The summed E-state index contributed by atoms with van der Waals surface area (Å²) in [5, 5.41) is 11.0. The van der Waals surface area contributed by atoms with Crippen molar-refractivity contribution in [3.05, 3.63) is 50.6 Å². The zero-order valence-electron chi connectivity index (χ0n) is 13.2. The van der Waals surface area contributed by atoms with Crippen molar-refractivity contribution in [3.8, 4) is 5.75 Å². The third kappa shape index (κ3) is 2.62. The maximum Gasteiger partial charge on any atom is 0.276 e. The molecular weight excluding hydrogens is 378 g/mol. The van der Waals surface area contributed by atoms with E-state index in [1.165, 1.54) is 23.1 Å². The predicted molar refractivity (Wildman–Crippen MR) is 91.6 cm³/mol. The second-order valence-electron chi connectivity index (χ2n) is 5.96. The molecule has 0 saturated heterocycles. The zero-order valence-corrected chi connectivity index (χ0v) is 14.8. The molecule has 1 aromatic carbocycles. The first-order valence-corrected chi connectivity index (χ1v) is 7.94. The molecule has 1 aliphatic heterocycles. The number of hydrogen-bond acceptors (Lipinski definition) is 5. The number of amides is 1. The number of fused-ring (bicyclic) bond motifs is 1. The minimum atomic E-state index is -1.16. The first-order valence-electron chi connectivity index (χ1n) is 7.15. The van der Waals surface area contributed by atoms with Crippen molar-refractivity contribution >= 4 is 39.0 Å². The van der Waals surface area contributed by atoms with Crippen molar-refractivity contribution in [2.24, 2.45) is 0 Å². The van der Waals surface area contributed by atoms with Gasteiger partial charge in [-0.2, -0.15) is 0 Å². The van der Waals surface area contributed by atoms with Crippen LogP contribution in [0.2, 0.25) is 0 Å². The van der Waals surface area contributed by atoms with Crippen molar-refractivity contribution in [1.29, 1.82) is 0 Å². The fourth-order valence-corrected chi connectivity index (χ4v) is 3.00. The summed E-state index contributed by atoms with van der Waals surface area (Å²) >= 11 is 3.35. The van der Waals surface area contributed by atoms with E-state index in [0.717, 1.165) is 10.0 Å². The molecule has 7 nitrogen and oxygen atoms in total. The molecule has 124 valence electrons. The highest BCUT2D eigenvalue weighted by Gasteiger charge is 2.43. The number of anilines is 2. The number of rotatable bonds is 2. The number of carbonyl (C=O) groups is 1.